The van der Waals surface area contributed by atoms with Crippen molar-refractivity contribution in [2.24, 2.45) is 5.41 Å². The van der Waals surface area contributed by atoms with E-state index in [-0.39, 0.29) is 5.41 Å². The van der Waals surface area contributed by atoms with Crippen molar-refractivity contribution in [3.63, 3.8) is 0 Å². The third kappa shape index (κ3) is 3.91. The molecule has 0 aromatic heterocycles. The van der Waals surface area contributed by atoms with Crippen LogP contribution in [0.2, 0.25) is 0 Å². The lowest BCUT2D eigenvalue weighted by molar-refractivity contribution is 0.511. The lowest BCUT2D eigenvalue weighted by Crippen LogP contribution is -2.09. The number of carbonyl (C=O) groups excluding carboxylic acids is 1. The third-order valence-corrected chi connectivity index (χ3v) is 1.76. The molecule has 0 fully saturated rings. The highest BCUT2D eigenvalue weighted by molar-refractivity contribution is 5.69. The van der Waals surface area contributed by atoms with E-state index in [1.807, 2.05) is 19.9 Å². The van der Waals surface area contributed by atoms with Gasteiger partial charge in [0.2, 0.25) is 0 Å². The molecule has 13 heavy (non-hydrogen) atoms. The van der Waals surface area contributed by atoms with Crippen LogP contribution in [-0.4, -0.2) is 11.1 Å². The van der Waals surface area contributed by atoms with Gasteiger partial charge in [0.25, 0.3) is 0 Å². The summed E-state index contributed by atoms with van der Waals surface area (Å²) in [7, 11) is 0. The van der Waals surface area contributed by atoms with Gasteiger partial charge in [0.15, 0.2) is 0 Å². The molecule has 1 N–H and O–H groups in total. The van der Waals surface area contributed by atoms with E-state index in [4.69, 9.17) is 4.79 Å². The van der Waals surface area contributed by atoms with Crippen molar-refractivity contribution in [2.45, 2.75) is 34.6 Å². The van der Waals surface area contributed by atoms with Gasteiger partial charge in [0.05, 0.1) is 0 Å². The second-order valence-corrected chi connectivity index (χ2v) is 4.06. The van der Waals surface area contributed by atoms with Crippen LogP contribution >= 0.6 is 0 Å². The van der Waals surface area contributed by atoms with E-state index >= 15 is 0 Å². The van der Waals surface area contributed by atoms with Gasteiger partial charge in [-0.1, -0.05) is 20.8 Å². The number of aldehydes is 1. The van der Waals surface area contributed by atoms with E-state index in [0.717, 1.165) is 17.4 Å². The van der Waals surface area contributed by atoms with Crippen LogP contribution in [0.15, 0.2) is 29.0 Å². The fraction of sp³-hybridized carbons (Fsp3) is 0.500. The second kappa shape index (κ2) is 4.84. The fourth-order valence-corrected chi connectivity index (χ4v) is 1.26. The van der Waals surface area contributed by atoms with Crippen LogP contribution in [0.25, 0.3) is 0 Å². The normalized spacial score (nSPS) is 11.9. The highest BCUT2D eigenvalue weighted by Crippen LogP contribution is 2.29. The standard InChI is InChI=1S/C12H18O/c1-6-7-11(12(3,4)5)10(2)8-9-13/h6,8-9H,1-5H3/p+1/b10-8-. The smallest absolute Gasteiger partial charge is 0.282 e. The van der Waals surface area contributed by atoms with E-state index < -0.39 is 0 Å². The molecule has 0 spiro atoms. The summed E-state index contributed by atoms with van der Waals surface area (Å²) in [5.74, 6) is 0. The predicted molar refractivity (Wildman–Crippen MR) is 58.5 cm³/mol. The highest BCUT2D eigenvalue weighted by Gasteiger charge is 2.17. The van der Waals surface area contributed by atoms with Crippen molar-refractivity contribution in [3.8, 4) is 0 Å². The van der Waals surface area contributed by atoms with Crippen LogP contribution in [0.3, 0.4) is 0 Å². The number of rotatable bonds is 2. The van der Waals surface area contributed by atoms with Gasteiger partial charge in [0, 0.05) is 11.6 Å². The van der Waals surface area contributed by atoms with Crippen molar-refractivity contribution >= 4 is 6.29 Å². The molecule has 0 rings (SSSR count). The molecule has 0 aromatic rings. The van der Waals surface area contributed by atoms with Crippen LogP contribution in [0, 0.1) is 5.41 Å². The molecular formula is C12H19O+. The zero-order valence-electron chi connectivity index (χ0n) is 9.18. The van der Waals surface area contributed by atoms with Gasteiger partial charge in [-0.2, -0.15) is 0 Å². The zero-order valence-corrected chi connectivity index (χ0v) is 9.18. The van der Waals surface area contributed by atoms with Crippen LogP contribution < -0.4 is 0 Å². The van der Waals surface area contributed by atoms with Gasteiger partial charge < -0.3 is 0 Å². The van der Waals surface area contributed by atoms with Gasteiger partial charge in [-0.15, -0.1) is 5.73 Å². The van der Waals surface area contributed by atoms with Gasteiger partial charge in [-0.3, -0.25) is 4.79 Å². The van der Waals surface area contributed by atoms with Gasteiger partial charge in [-0.25, -0.2) is 0 Å². The summed E-state index contributed by atoms with van der Waals surface area (Å²) in [6.45, 7) is 10.3. The van der Waals surface area contributed by atoms with Crippen molar-refractivity contribution in [1.82, 2.24) is 0 Å². The minimum Gasteiger partial charge on any atom is -0.282 e. The maximum absolute atomic E-state index is 8.67. The Morgan fingerprint density at radius 3 is 2.15 bits per heavy atom. The van der Waals surface area contributed by atoms with Crippen molar-refractivity contribution in [2.75, 3.05) is 0 Å². The Kier molecular flexibility index (Phi) is 4.44. The highest BCUT2D eigenvalue weighted by atomic mass is 16.1. The molecule has 0 heterocycles. The molecule has 0 aromatic carbocycles. The summed E-state index contributed by atoms with van der Waals surface area (Å²) in [6, 6.07) is 0. The van der Waals surface area contributed by atoms with Crippen molar-refractivity contribution in [3.05, 3.63) is 29.0 Å². The fourth-order valence-electron chi connectivity index (χ4n) is 1.26. The molecule has 0 aliphatic carbocycles. The van der Waals surface area contributed by atoms with Gasteiger partial charge in [0.1, 0.15) is 0 Å². The maximum Gasteiger partial charge on any atom is 0.305 e. The zero-order chi connectivity index (χ0) is 10.5. The minimum atomic E-state index is 0.0656. The first-order valence-corrected chi connectivity index (χ1v) is 4.50. The largest absolute Gasteiger partial charge is 0.305 e. The maximum atomic E-state index is 8.67. The molecule has 0 aliphatic heterocycles. The summed E-state index contributed by atoms with van der Waals surface area (Å²) >= 11 is 0. The molecule has 0 amide bonds. The summed E-state index contributed by atoms with van der Waals surface area (Å²) < 4.78 is 0. The monoisotopic (exact) mass is 179 g/mol. The Balaban J connectivity index is 5.20. The summed E-state index contributed by atoms with van der Waals surface area (Å²) in [4.78, 5) is 8.67. The SMILES string of the molecule is CC=C=C(/C(C)=C\C=[OH+])C(C)(C)C. The Labute approximate surface area is 80.8 Å². The second-order valence-electron chi connectivity index (χ2n) is 4.06. The number of hydrogen-bond acceptors (Lipinski definition) is 0. The van der Waals surface area contributed by atoms with E-state index in [1.54, 1.807) is 6.08 Å². The lowest BCUT2D eigenvalue weighted by atomic mass is 9.83. The van der Waals surface area contributed by atoms with Crippen LogP contribution in [0.5, 0.6) is 0 Å². The van der Waals surface area contributed by atoms with Crippen molar-refractivity contribution < 1.29 is 4.79 Å². The molecule has 0 atom stereocenters. The molecule has 1 nitrogen and oxygen atoms in total. The molecule has 0 saturated heterocycles. The minimum absolute atomic E-state index is 0.0656. The van der Waals surface area contributed by atoms with E-state index in [0.29, 0.717) is 0 Å². The molecule has 0 unspecified atom stereocenters. The lowest BCUT2D eigenvalue weighted by Gasteiger charge is -2.21. The molecule has 1 heteroatoms. The average molecular weight is 179 g/mol. The molecule has 0 saturated carbocycles. The Hall–Kier alpha value is -1.07. The first kappa shape index (κ1) is 11.9. The Morgan fingerprint density at radius 1 is 1.31 bits per heavy atom. The van der Waals surface area contributed by atoms with Crippen molar-refractivity contribution in [1.29, 1.82) is 0 Å². The average Bonchev–Trinajstić information content (AvgIpc) is 1.98. The van der Waals surface area contributed by atoms with E-state index in [9.17, 15) is 0 Å². The molecule has 0 radical (unpaired) electrons. The quantitative estimate of drug-likeness (QED) is 0.204. The Morgan fingerprint density at radius 2 is 1.85 bits per heavy atom. The predicted octanol–water partition coefficient (Wildman–Crippen LogP) is 3.25. The molecule has 0 bridgehead atoms. The van der Waals surface area contributed by atoms with Crippen LogP contribution in [-0.2, 0) is 0 Å². The summed E-state index contributed by atoms with van der Waals surface area (Å²) in [5, 5.41) is 0. The topological polar surface area (TPSA) is 21.4 Å². The Bertz CT molecular complexity index is 268. The first-order chi connectivity index (χ1) is 5.93. The summed E-state index contributed by atoms with van der Waals surface area (Å²) in [5.41, 5.74) is 5.44. The molecule has 0 aliphatic rings. The summed E-state index contributed by atoms with van der Waals surface area (Å²) in [6.07, 6.45) is 4.66. The third-order valence-electron chi connectivity index (χ3n) is 1.76. The van der Waals surface area contributed by atoms with Crippen LogP contribution in [0.1, 0.15) is 34.6 Å². The number of hydrogen-bond donors (Lipinski definition) is 0. The van der Waals surface area contributed by atoms with E-state index in [1.165, 1.54) is 0 Å². The van der Waals surface area contributed by atoms with Gasteiger partial charge in [-0.05, 0) is 30.9 Å². The van der Waals surface area contributed by atoms with Crippen LogP contribution in [0.4, 0.5) is 0 Å². The molecular weight excluding hydrogens is 160 g/mol. The van der Waals surface area contributed by atoms with E-state index in [2.05, 4.69) is 26.5 Å². The first-order valence-electron chi connectivity index (χ1n) is 4.50. The molecule has 72 valence electrons. The number of allylic oxidation sites excluding steroid dienone is 3. The van der Waals surface area contributed by atoms with Gasteiger partial charge >= 0.3 is 6.29 Å².